The van der Waals surface area contributed by atoms with Gasteiger partial charge in [-0.1, -0.05) is 0 Å². The van der Waals surface area contributed by atoms with Gasteiger partial charge < -0.3 is 4.74 Å². The number of pyridine rings is 2. The number of hydrogen-bond acceptors (Lipinski definition) is 4. The van der Waals surface area contributed by atoms with Gasteiger partial charge in [0, 0.05) is 18.0 Å². The van der Waals surface area contributed by atoms with Gasteiger partial charge >= 0.3 is 12.1 Å². The Morgan fingerprint density at radius 2 is 1.91 bits per heavy atom. The van der Waals surface area contributed by atoms with Gasteiger partial charge in [-0.2, -0.15) is 13.2 Å². The Labute approximate surface area is 131 Å². The van der Waals surface area contributed by atoms with Crippen molar-refractivity contribution in [2.45, 2.75) is 26.9 Å². The van der Waals surface area contributed by atoms with E-state index in [4.69, 9.17) is 4.74 Å². The Kier molecular flexibility index (Phi) is 4.68. The standard InChI is InChI=1S/C16H15F3N2O2/c1-4-23-15(22)14-9(2)5-13(21-10(14)3)11-6-12(8-20-7-11)16(17,18)19/h5-8H,4H2,1-3H3. The molecule has 4 nitrogen and oxygen atoms in total. The van der Waals surface area contributed by atoms with Crippen LogP contribution in [0.3, 0.4) is 0 Å². The highest BCUT2D eigenvalue weighted by molar-refractivity contribution is 5.92. The summed E-state index contributed by atoms with van der Waals surface area (Å²) >= 11 is 0. The van der Waals surface area contributed by atoms with E-state index < -0.39 is 17.7 Å². The molecule has 0 radical (unpaired) electrons. The molecule has 0 spiro atoms. The van der Waals surface area contributed by atoms with Crippen LogP contribution >= 0.6 is 0 Å². The molecule has 122 valence electrons. The molecule has 0 aliphatic rings. The molecule has 0 aliphatic carbocycles. The summed E-state index contributed by atoms with van der Waals surface area (Å²) in [6.07, 6.45) is -2.41. The third kappa shape index (κ3) is 3.67. The number of aromatic nitrogens is 2. The van der Waals surface area contributed by atoms with E-state index in [1.54, 1.807) is 26.8 Å². The summed E-state index contributed by atoms with van der Waals surface area (Å²) in [4.78, 5) is 19.7. The molecule has 0 fully saturated rings. The topological polar surface area (TPSA) is 52.1 Å². The Balaban J connectivity index is 2.48. The van der Waals surface area contributed by atoms with Crippen LogP contribution in [0.15, 0.2) is 24.5 Å². The molecule has 0 atom stereocenters. The molecule has 23 heavy (non-hydrogen) atoms. The zero-order valence-corrected chi connectivity index (χ0v) is 12.9. The second-order valence-electron chi connectivity index (χ2n) is 4.97. The maximum absolute atomic E-state index is 12.8. The van der Waals surface area contributed by atoms with Gasteiger partial charge in [0.05, 0.1) is 29.1 Å². The van der Waals surface area contributed by atoms with Crippen molar-refractivity contribution in [3.8, 4) is 11.3 Å². The van der Waals surface area contributed by atoms with E-state index in [0.717, 1.165) is 12.3 Å². The number of nitrogens with zero attached hydrogens (tertiary/aromatic N) is 2. The fourth-order valence-corrected chi connectivity index (χ4v) is 2.23. The van der Waals surface area contributed by atoms with Crippen molar-refractivity contribution in [2.75, 3.05) is 6.61 Å². The second-order valence-corrected chi connectivity index (χ2v) is 4.97. The minimum atomic E-state index is -4.47. The van der Waals surface area contributed by atoms with Crippen molar-refractivity contribution >= 4 is 5.97 Å². The number of esters is 1. The molecule has 2 aromatic heterocycles. The lowest BCUT2D eigenvalue weighted by Gasteiger charge is -2.12. The zero-order valence-electron chi connectivity index (χ0n) is 12.9. The van der Waals surface area contributed by atoms with E-state index >= 15 is 0 Å². The van der Waals surface area contributed by atoms with Crippen molar-refractivity contribution in [3.63, 3.8) is 0 Å². The van der Waals surface area contributed by atoms with Crippen LogP contribution < -0.4 is 0 Å². The summed E-state index contributed by atoms with van der Waals surface area (Å²) in [5, 5.41) is 0. The van der Waals surface area contributed by atoms with E-state index in [0.29, 0.717) is 22.5 Å². The van der Waals surface area contributed by atoms with Crippen molar-refractivity contribution in [1.29, 1.82) is 0 Å². The molecular formula is C16H15F3N2O2. The largest absolute Gasteiger partial charge is 0.462 e. The predicted octanol–water partition coefficient (Wildman–Crippen LogP) is 3.96. The number of rotatable bonds is 3. The number of aryl methyl sites for hydroxylation is 2. The highest BCUT2D eigenvalue weighted by Crippen LogP contribution is 2.31. The average Bonchev–Trinajstić information content (AvgIpc) is 2.46. The molecular weight excluding hydrogens is 309 g/mol. The SMILES string of the molecule is CCOC(=O)c1c(C)cc(-c2cncc(C(F)(F)F)c2)nc1C. The lowest BCUT2D eigenvalue weighted by Crippen LogP contribution is -2.11. The van der Waals surface area contributed by atoms with Crippen LogP contribution in [-0.2, 0) is 10.9 Å². The molecule has 2 aromatic rings. The first-order valence-electron chi connectivity index (χ1n) is 6.92. The summed E-state index contributed by atoms with van der Waals surface area (Å²) in [5.41, 5.74) is 1.03. The number of halogens is 3. The fourth-order valence-electron chi connectivity index (χ4n) is 2.23. The van der Waals surface area contributed by atoms with Crippen LogP contribution in [0.1, 0.15) is 34.1 Å². The monoisotopic (exact) mass is 324 g/mol. The van der Waals surface area contributed by atoms with Crippen LogP contribution in [-0.4, -0.2) is 22.5 Å². The van der Waals surface area contributed by atoms with Crippen LogP contribution in [0.5, 0.6) is 0 Å². The van der Waals surface area contributed by atoms with Crippen molar-refractivity contribution in [1.82, 2.24) is 9.97 Å². The smallest absolute Gasteiger partial charge is 0.417 e. The second kappa shape index (κ2) is 6.36. The third-order valence-electron chi connectivity index (χ3n) is 3.24. The van der Waals surface area contributed by atoms with Gasteiger partial charge in [0.15, 0.2) is 0 Å². The molecule has 0 aliphatic heterocycles. The maximum atomic E-state index is 12.8. The van der Waals surface area contributed by atoms with Gasteiger partial charge in [0.1, 0.15) is 0 Å². The number of alkyl halides is 3. The molecule has 2 rings (SSSR count). The zero-order chi connectivity index (χ0) is 17.2. The number of ether oxygens (including phenoxy) is 1. The lowest BCUT2D eigenvalue weighted by molar-refractivity contribution is -0.137. The normalized spacial score (nSPS) is 11.4. The maximum Gasteiger partial charge on any atom is 0.417 e. The molecule has 0 saturated carbocycles. The Bertz CT molecular complexity index is 719. The minimum absolute atomic E-state index is 0.233. The van der Waals surface area contributed by atoms with Crippen LogP contribution in [0.25, 0.3) is 11.3 Å². The van der Waals surface area contributed by atoms with Crippen molar-refractivity contribution < 1.29 is 22.7 Å². The molecule has 0 N–H and O–H groups in total. The summed E-state index contributed by atoms with van der Waals surface area (Å²) in [7, 11) is 0. The van der Waals surface area contributed by atoms with Crippen molar-refractivity contribution in [2.24, 2.45) is 0 Å². The van der Waals surface area contributed by atoms with Crippen LogP contribution in [0, 0.1) is 13.8 Å². The van der Waals surface area contributed by atoms with Gasteiger partial charge in [-0.25, -0.2) is 4.79 Å². The molecule has 0 amide bonds. The van der Waals surface area contributed by atoms with Gasteiger partial charge in [-0.15, -0.1) is 0 Å². The lowest BCUT2D eigenvalue weighted by atomic mass is 10.0. The first-order chi connectivity index (χ1) is 10.7. The predicted molar refractivity (Wildman–Crippen MR) is 77.9 cm³/mol. The van der Waals surface area contributed by atoms with Gasteiger partial charge in [-0.3, -0.25) is 9.97 Å². The Hall–Kier alpha value is -2.44. The summed E-state index contributed by atoms with van der Waals surface area (Å²) < 4.78 is 43.3. The molecule has 0 saturated heterocycles. The van der Waals surface area contributed by atoms with E-state index in [-0.39, 0.29) is 12.2 Å². The van der Waals surface area contributed by atoms with Crippen molar-refractivity contribution in [3.05, 3.63) is 46.9 Å². The highest BCUT2D eigenvalue weighted by Gasteiger charge is 2.31. The Morgan fingerprint density at radius 1 is 1.22 bits per heavy atom. The molecule has 2 heterocycles. The molecule has 0 bridgehead atoms. The summed E-state index contributed by atoms with van der Waals surface area (Å²) in [6.45, 7) is 5.23. The van der Waals surface area contributed by atoms with Crippen LogP contribution in [0.2, 0.25) is 0 Å². The van der Waals surface area contributed by atoms with E-state index in [1.165, 1.54) is 6.20 Å². The molecule has 0 aromatic carbocycles. The third-order valence-corrected chi connectivity index (χ3v) is 3.24. The first kappa shape index (κ1) is 16.9. The minimum Gasteiger partial charge on any atom is -0.462 e. The van der Waals surface area contributed by atoms with Gasteiger partial charge in [0.25, 0.3) is 0 Å². The molecule has 7 heteroatoms. The highest BCUT2D eigenvalue weighted by atomic mass is 19.4. The Morgan fingerprint density at radius 3 is 2.48 bits per heavy atom. The van der Waals surface area contributed by atoms with Crippen LogP contribution in [0.4, 0.5) is 13.2 Å². The number of carbonyl (C=O) groups excluding carboxylic acids is 1. The quantitative estimate of drug-likeness (QED) is 0.802. The fraction of sp³-hybridized carbons (Fsp3) is 0.312. The number of carbonyl (C=O) groups is 1. The summed E-state index contributed by atoms with van der Waals surface area (Å²) in [6, 6.07) is 2.54. The summed E-state index contributed by atoms with van der Waals surface area (Å²) in [5.74, 6) is -0.497. The average molecular weight is 324 g/mol. The van der Waals surface area contributed by atoms with E-state index in [1.807, 2.05) is 0 Å². The van der Waals surface area contributed by atoms with E-state index in [9.17, 15) is 18.0 Å². The first-order valence-corrected chi connectivity index (χ1v) is 6.92. The van der Waals surface area contributed by atoms with Gasteiger partial charge in [-0.05, 0) is 38.5 Å². The van der Waals surface area contributed by atoms with E-state index in [2.05, 4.69) is 9.97 Å². The molecule has 0 unspecified atom stereocenters. The number of hydrogen-bond donors (Lipinski definition) is 0. The van der Waals surface area contributed by atoms with Gasteiger partial charge in [0.2, 0.25) is 0 Å².